The average molecular weight is 284 g/mol. The molecule has 110 valence electrons. The number of anilines is 1. The molecule has 0 unspecified atom stereocenters. The third-order valence-corrected chi connectivity index (χ3v) is 3.34. The van der Waals surface area contributed by atoms with Gasteiger partial charge in [0, 0.05) is 43.5 Å². The molecule has 0 aliphatic rings. The molecular formula is C16H20N4O. The van der Waals surface area contributed by atoms with Gasteiger partial charge in [-0.25, -0.2) is 0 Å². The minimum absolute atomic E-state index is 0.0531. The number of pyridine rings is 1. The van der Waals surface area contributed by atoms with Crippen LogP contribution in [0.5, 0.6) is 5.75 Å². The molecule has 0 fully saturated rings. The standard InChI is InChI=1S/C16H20N4O/c1-20(10-8-12-5-3-4-9-19-12)15-11-13(21-2)6-7-14(15)16(17)18/h3-7,9,11H,8,10H2,1-2H3,(H3,17,18). The molecule has 1 aromatic carbocycles. The number of likely N-dealkylation sites (N-methyl/N-ethyl adjacent to an activating group) is 1. The summed E-state index contributed by atoms with van der Waals surface area (Å²) >= 11 is 0. The van der Waals surface area contributed by atoms with Crippen molar-refractivity contribution < 1.29 is 4.74 Å². The van der Waals surface area contributed by atoms with Gasteiger partial charge in [0.2, 0.25) is 0 Å². The molecule has 2 rings (SSSR count). The summed E-state index contributed by atoms with van der Waals surface area (Å²) in [6.07, 6.45) is 2.62. The highest BCUT2D eigenvalue weighted by Gasteiger charge is 2.11. The number of methoxy groups -OCH3 is 1. The predicted molar refractivity (Wildman–Crippen MR) is 85.2 cm³/mol. The molecule has 0 aliphatic heterocycles. The van der Waals surface area contributed by atoms with E-state index in [2.05, 4.69) is 9.88 Å². The molecule has 0 atom stereocenters. The van der Waals surface area contributed by atoms with Gasteiger partial charge in [-0.3, -0.25) is 10.4 Å². The summed E-state index contributed by atoms with van der Waals surface area (Å²) in [5.74, 6) is 0.803. The lowest BCUT2D eigenvalue weighted by Crippen LogP contribution is -2.24. The normalized spacial score (nSPS) is 10.2. The topological polar surface area (TPSA) is 75.2 Å². The molecule has 2 aromatic rings. The Balaban J connectivity index is 2.17. The van der Waals surface area contributed by atoms with Gasteiger partial charge in [-0.15, -0.1) is 0 Å². The lowest BCUT2D eigenvalue weighted by Gasteiger charge is -2.22. The fraction of sp³-hybridized carbons (Fsp3) is 0.250. The SMILES string of the molecule is COc1ccc(C(=N)N)c(N(C)CCc2ccccn2)c1. The zero-order valence-electron chi connectivity index (χ0n) is 12.3. The number of nitrogens with one attached hydrogen (secondary N) is 1. The van der Waals surface area contributed by atoms with Crippen molar-refractivity contribution in [3.63, 3.8) is 0 Å². The largest absolute Gasteiger partial charge is 0.497 e. The molecule has 0 radical (unpaired) electrons. The second-order valence-electron chi connectivity index (χ2n) is 4.79. The van der Waals surface area contributed by atoms with E-state index in [1.807, 2.05) is 43.4 Å². The van der Waals surface area contributed by atoms with Crippen LogP contribution in [-0.4, -0.2) is 31.5 Å². The Morgan fingerprint density at radius 1 is 1.33 bits per heavy atom. The number of rotatable bonds is 6. The second kappa shape index (κ2) is 6.74. The quantitative estimate of drug-likeness (QED) is 0.629. The van der Waals surface area contributed by atoms with Crippen molar-refractivity contribution in [2.45, 2.75) is 6.42 Å². The highest BCUT2D eigenvalue weighted by atomic mass is 16.5. The molecule has 0 spiro atoms. The molecule has 0 saturated heterocycles. The zero-order chi connectivity index (χ0) is 15.2. The zero-order valence-corrected chi connectivity index (χ0v) is 12.3. The molecule has 21 heavy (non-hydrogen) atoms. The van der Waals surface area contributed by atoms with Crippen LogP contribution in [0.1, 0.15) is 11.3 Å². The molecule has 0 bridgehead atoms. The smallest absolute Gasteiger partial charge is 0.124 e. The van der Waals surface area contributed by atoms with E-state index in [0.29, 0.717) is 5.56 Å². The highest BCUT2D eigenvalue weighted by molar-refractivity contribution is 6.00. The number of aromatic nitrogens is 1. The van der Waals surface area contributed by atoms with Crippen molar-refractivity contribution in [2.24, 2.45) is 5.73 Å². The molecule has 1 aromatic heterocycles. The van der Waals surface area contributed by atoms with E-state index < -0.39 is 0 Å². The second-order valence-corrected chi connectivity index (χ2v) is 4.79. The van der Waals surface area contributed by atoms with Crippen molar-refractivity contribution >= 4 is 11.5 Å². The van der Waals surface area contributed by atoms with E-state index in [4.69, 9.17) is 15.9 Å². The molecular weight excluding hydrogens is 264 g/mol. The van der Waals surface area contributed by atoms with Crippen LogP contribution in [0, 0.1) is 5.41 Å². The van der Waals surface area contributed by atoms with Gasteiger partial charge >= 0.3 is 0 Å². The van der Waals surface area contributed by atoms with Gasteiger partial charge < -0.3 is 15.4 Å². The number of hydrogen-bond acceptors (Lipinski definition) is 4. The summed E-state index contributed by atoms with van der Waals surface area (Å²) in [6.45, 7) is 0.782. The highest BCUT2D eigenvalue weighted by Crippen LogP contribution is 2.25. The maximum absolute atomic E-state index is 7.69. The summed E-state index contributed by atoms with van der Waals surface area (Å²) in [5.41, 5.74) is 8.29. The fourth-order valence-corrected chi connectivity index (χ4v) is 2.13. The molecule has 0 saturated carbocycles. The molecule has 0 aliphatic carbocycles. The Bertz CT molecular complexity index is 613. The number of nitrogens with two attached hydrogens (primary N) is 1. The van der Waals surface area contributed by atoms with E-state index in [1.54, 1.807) is 13.3 Å². The van der Waals surface area contributed by atoms with Crippen LogP contribution in [0.15, 0.2) is 42.6 Å². The Morgan fingerprint density at radius 3 is 2.76 bits per heavy atom. The van der Waals surface area contributed by atoms with Gasteiger partial charge in [0.25, 0.3) is 0 Å². The fourth-order valence-electron chi connectivity index (χ4n) is 2.13. The first-order valence-electron chi connectivity index (χ1n) is 6.75. The third-order valence-electron chi connectivity index (χ3n) is 3.34. The van der Waals surface area contributed by atoms with Crippen LogP contribution < -0.4 is 15.4 Å². The van der Waals surface area contributed by atoms with Crippen LogP contribution >= 0.6 is 0 Å². The molecule has 3 N–H and O–H groups in total. The van der Waals surface area contributed by atoms with E-state index in [-0.39, 0.29) is 5.84 Å². The van der Waals surface area contributed by atoms with E-state index in [1.165, 1.54) is 0 Å². The summed E-state index contributed by atoms with van der Waals surface area (Å²) < 4.78 is 5.25. The summed E-state index contributed by atoms with van der Waals surface area (Å²) in [6, 6.07) is 11.4. The Hall–Kier alpha value is -2.56. The van der Waals surface area contributed by atoms with Gasteiger partial charge in [-0.1, -0.05) is 6.07 Å². The van der Waals surface area contributed by atoms with Gasteiger partial charge in [0.1, 0.15) is 11.6 Å². The maximum atomic E-state index is 7.69. The van der Waals surface area contributed by atoms with Gasteiger partial charge in [-0.05, 0) is 24.3 Å². The minimum Gasteiger partial charge on any atom is -0.497 e. The van der Waals surface area contributed by atoms with Crippen LogP contribution in [0.3, 0.4) is 0 Å². The first-order chi connectivity index (χ1) is 10.1. The maximum Gasteiger partial charge on any atom is 0.124 e. The first-order valence-corrected chi connectivity index (χ1v) is 6.75. The third kappa shape index (κ3) is 3.72. The number of nitrogens with zero attached hydrogens (tertiary/aromatic N) is 2. The van der Waals surface area contributed by atoms with Gasteiger partial charge in [0.15, 0.2) is 0 Å². The Kier molecular flexibility index (Phi) is 4.77. The van der Waals surface area contributed by atoms with E-state index in [0.717, 1.165) is 30.1 Å². The van der Waals surface area contributed by atoms with Crippen molar-refractivity contribution in [1.82, 2.24) is 4.98 Å². The van der Waals surface area contributed by atoms with Crippen LogP contribution in [0.4, 0.5) is 5.69 Å². The van der Waals surface area contributed by atoms with Crippen molar-refractivity contribution in [2.75, 3.05) is 25.6 Å². The lowest BCUT2D eigenvalue weighted by molar-refractivity contribution is 0.415. The lowest BCUT2D eigenvalue weighted by atomic mass is 10.1. The average Bonchev–Trinajstić information content (AvgIpc) is 2.52. The summed E-state index contributed by atoms with van der Waals surface area (Å²) in [5, 5.41) is 7.69. The number of amidine groups is 1. The van der Waals surface area contributed by atoms with E-state index >= 15 is 0 Å². The first kappa shape index (κ1) is 14.8. The molecule has 0 amide bonds. The Labute approximate surface area is 124 Å². The summed E-state index contributed by atoms with van der Waals surface area (Å²) in [4.78, 5) is 6.38. The van der Waals surface area contributed by atoms with Gasteiger partial charge in [0.05, 0.1) is 12.8 Å². The predicted octanol–water partition coefficient (Wildman–Crippen LogP) is 2.05. The van der Waals surface area contributed by atoms with Crippen molar-refractivity contribution in [3.05, 3.63) is 53.9 Å². The summed E-state index contributed by atoms with van der Waals surface area (Å²) in [7, 11) is 3.60. The molecule has 5 heteroatoms. The molecule has 5 nitrogen and oxygen atoms in total. The number of hydrogen-bond donors (Lipinski definition) is 2. The van der Waals surface area contributed by atoms with Crippen LogP contribution in [-0.2, 0) is 6.42 Å². The molecule has 1 heterocycles. The van der Waals surface area contributed by atoms with Crippen molar-refractivity contribution in [3.8, 4) is 5.75 Å². The van der Waals surface area contributed by atoms with Crippen LogP contribution in [0.25, 0.3) is 0 Å². The number of benzene rings is 1. The minimum atomic E-state index is 0.0531. The number of ether oxygens (including phenoxy) is 1. The Morgan fingerprint density at radius 2 is 2.14 bits per heavy atom. The van der Waals surface area contributed by atoms with Crippen molar-refractivity contribution in [1.29, 1.82) is 5.41 Å². The van der Waals surface area contributed by atoms with Crippen LogP contribution in [0.2, 0.25) is 0 Å². The van der Waals surface area contributed by atoms with E-state index in [9.17, 15) is 0 Å². The number of nitrogen functional groups attached to an aromatic ring is 1. The van der Waals surface area contributed by atoms with Gasteiger partial charge in [-0.2, -0.15) is 0 Å². The monoisotopic (exact) mass is 284 g/mol.